The number of nitrogens with zero attached hydrogens (tertiary/aromatic N) is 2. The number of pyridine rings is 1. The first-order valence-electron chi connectivity index (χ1n) is 5.11. The van der Waals surface area contributed by atoms with Crippen molar-refractivity contribution < 1.29 is 4.42 Å². The van der Waals surface area contributed by atoms with Crippen molar-refractivity contribution in [1.82, 2.24) is 9.97 Å². The molecule has 3 nitrogen and oxygen atoms in total. The van der Waals surface area contributed by atoms with Gasteiger partial charge in [-0.15, -0.1) is 0 Å². The molecule has 0 unspecified atom stereocenters. The molecule has 2 heterocycles. The summed E-state index contributed by atoms with van der Waals surface area (Å²) in [6.45, 7) is 7.85. The monoisotopic (exact) mass is 204 g/mol. The van der Waals surface area contributed by atoms with E-state index in [2.05, 4.69) is 9.97 Å². The highest BCUT2D eigenvalue weighted by Gasteiger charge is 2.03. The lowest BCUT2D eigenvalue weighted by Crippen LogP contribution is -1.82. The van der Waals surface area contributed by atoms with Crippen LogP contribution < -0.4 is 0 Å². The van der Waals surface area contributed by atoms with Crippen LogP contribution in [0.15, 0.2) is 29.0 Å². The molecule has 0 atom stereocenters. The van der Waals surface area contributed by atoms with Gasteiger partial charge in [0.05, 0.1) is 5.69 Å². The van der Waals surface area contributed by atoms with Crippen molar-refractivity contribution >= 4 is 0 Å². The molecule has 0 spiro atoms. The number of aromatic nitrogens is 2. The second-order valence-electron chi connectivity index (χ2n) is 2.98. The van der Waals surface area contributed by atoms with Crippen molar-refractivity contribution in [3.63, 3.8) is 0 Å². The highest BCUT2D eigenvalue weighted by atomic mass is 16.3. The van der Waals surface area contributed by atoms with Gasteiger partial charge >= 0.3 is 0 Å². The average Bonchev–Trinajstić information content (AvgIpc) is 2.68. The highest BCUT2D eigenvalue weighted by Crippen LogP contribution is 2.17. The molecule has 0 aliphatic carbocycles. The first-order valence-corrected chi connectivity index (χ1v) is 5.11. The Morgan fingerprint density at radius 1 is 1.13 bits per heavy atom. The molecule has 2 aromatic rings. The topological polar surface area (TPSA) is 38.9 Å². The minimum Gasteiger partial charge on any atom is -0.444 e. The Balaban J connectivity index is 0.000000531. The Bertz CT molecular complexity index is 421. The molecule has 80 valence electrons. The van der Waals surface area contributed by atoms with Crippen molar-refractivity contribution in [1.29, 1.82) is 0 Å². The van der Waals surface area contributed by atoms with E-state index in [0.717, 1.165) is 17.0 Å². The smallest absolute Gasteiger partial charge is 0.226 e. The number of oxazole rings is 1. The molecule has 2 aromatic heterocycles. The third kappa shape index (κ3) is 2.91. The minimum absolute atomic E-state index is 0.656. The first-order chi connectivity index (χ1) is 7.25. The quantitative estimate of drug-likeness (QED) is 0.714. The van der Waals surface area contributed by atoms with Crippen molar-refractivity contribution in [2.75, 3.05) is 0 Å². The van der Waals surface area contributed by atoms with Gasteiger partial charge in [0.15, 0.2) is 0 Å². The summed E-state index contributed by atoms with van der Waals surface area (Å²) in [7, 11) is 0. The van der Waals surface area contributed by atoms with Crippen molar-refractivity contribution in [2.45, 2.75) is 27.7 Å². The van der Waals surface area contributed by atoms with Crippen LogP contribution in [-0.4, -0.2) is 9.97 Å². The van der Waals surface area contributed by atoms with Crippen LogP contribution >= 0.6 is 0 Å². The summed E-state index contributed by atoms with van der Waals surface area (Å²) in [4.78, 5) is 8.33. The molecule has 0 aromatic carbocycles. The van der Waals surface area contributed by atoms with Gasteiger partial charge in [-0.25, -0.2) is 4.98 Å². The number of hydrogen-bond donors (Lipinski definition) is 0. The molecule has 0 bridgehead atoms. The largest absolute Gasteiger partial charge is 0.444 e. The summed E-state index contributed by atoms with van der Waals surface area (Å²) in [6.07, 6.45) is 3.40. The van der Waals surface area contributed by atoms with E-state index in [1.54, 1.807) is 12.5 Å². The van der Waals surface area contributed by atoms with Gasteiger partial charge in [0.1, 0.15) is 6.26 Å². The fourth-order valence-electron chi connectivity index (χ4n) is 1.17. The Kier molecular flexibility index (Phi) is 4.03. The highest BCUT2D eigenvalue weighted by molar-refractivity contribution is 5.52. The van der Waals surface area contributed by atoms with E-state index in [4.69, 9.17) is 4.42 Å². The maximum Gasteiger partial charge on any atom is 0.226 e. The van der Waals surface area contributed by atoms with E-state index in [-0.39, 0.29) is 0 Å². The minimum atomic E-state index is 0.656. The van der Waals surface area contributed by atoms with Gasteiger partial charge < -0.3 is 4.42 Å². The molecule has 0 fully saturated rings. The third-order valence-electron chi connectivity index (χ3n) is 1.76. The van der Waals surface area contributed by atoms with E-state index in [0.29, 0.717) is 5.89 Å². The van der Waals surface area contributed by atoms with Crippen LogP contribution in [0.3, 0.4) is 0 Å². The lowest BCUT2D eigenvalue weighted by molar-refractivity contribution is 0.573. The summed E-state index contributed by atoms with van der Waals surface area (Å²) in [5, 5.41) is 0. The van der Waals surface area contributed by atoms with Gasteiger partial charge in [-0.2, -0.15) is 0 Å². The van der Waals surface area contributed by atoms with Crippen LogP contribution in [0.25, 0.3) is 11.5 Å². The Labute approximate surface area is 90.2 Å². The molecule has 0 radical (unpaired) electrons. The molecule has 2 rings (SSSR count). The molecule has 0 aliphatic rings. The molecule has 0 N–H and O–H groups in total. The fourth-order valence-corrected chi connectivity index (χ4v) is 1.17. The molecule has 0 amide bonds. The standard InChI is InChI=1S/C10H10N2O.C2H6/c1-7-5-9(3-4-11-7)10-12-8(2)6-13-10;1-2/h3-6H,1-2H3;1-2H3. The number of hydrogen-bond acceptors (Lipinski definition) is 3. The molecular formula is C12H16N2O. The SMILES string of the molecule is CC.Cc1cc(-c2nc(C)co2)ccn1. The van der Waals surface area contributed by atoms with Crippen LogP contribution in [-0.2, 0) is 0 Å². The van der Waals surface area contributed by atoms with E-state index in [9.17, 15) is 0 Å². The molecular weight excluding hydrogens is 188 g/mol. The van der Waals surface area contributed by atoms with Gasteiger partial charge in [0.25, 0.3) is 0 Å². The summed E-state index contributed by atoms with van der Waals surface area (Å²) in [5.41, 5.74) is 2.83. The zero-order valence-corrected chi connectivity index (χ0v) is 9.61. The molecule has 0 aliphatic heterocycles. The Hall–Kier alpha value is -1.64. The van der Waals surface area contributed by atoms with E-state index in [1.807, 2.05) is 39.8 Å². The predicted molar refractivity (Wildman–Crippen MR) is 60.6 cm³/mol. The van der Waals surface area contributed by atoms with Crippen LogP contribution in [0.4, 0.5) is 0 Å². The predicted octanol–water partition coefficient (Wildman–Crippen LogP) is 3.38. The number of aryl methyl sites for hydroxylation is 2. The van der Waals surface area contributed by atoms with E-state index in [1.165, 1.54) is 0 Å². The normalized spacial score (nSPS) is 9.33. The zero-order valence-electron chi connectivity index (χ0n) is 9.61. The lowest BCUT2D eigenvalue weighted by Gasteiger charge is -1.95. The van der Waals surface area contributed by atoms with Gasteiger partial charge in [-0.1, -0.05) is 13.8 Å². The summed E-state index contributed by atoms with van der Waals surface area (Å²) < 4.78 is 5.27. The van der Waals surface area contributed by atoms with Crippen LogP contribution in [0.2, 0.25) is 0 Å². The van der Waals surface area contributed by atoms with Crippen molar-refractivity contribution in [2.24, 2.45) is 0 Å². The molecule has 0 saturated carbocycles. The van der Waals surface area contributed by atoms with E-state index >= 15 is 0 Å². The van der Waals surface area contributed by atoms with Gasteiger partial charge in [0, 0.05) is 17.5 Å². The van der Waals surface area contributed by atoms with Gasteiger partial charge in [-0.3, -0.25) is 4.98 Å². The first kappa shape index (κ1) is 11.4. The Morgan fingerprint density at radius 2 is 1.87 bits per heavy atom. The zero-order chi connectivity index (χ0) is 11.3. The van der Waals surface area contributed by atoms with Crippen molar-refractivity contribution in [3.8, 4) is 11.5 Å². The van der Waals surface area contributed by atoms with Crippen LogP contribution in [0.1, 0.15) is 25.2 Å². The van der Waals surface area contributed by atoms with Gasteiger partial charge in [-0.05, 0) is 26.0 Å². The van der Waals surface area contributed by atoms with E-state index < -0.39 is 0 Å². The third-order valence-corrected chi connectivity index (χ3v) is 1.76. The van der Waals surface area contributed by atoms with Crippen LogP contribution in [0.5, 0.6) is 0 Å². The van der Waals surface area contributed by atoms with Crippen LogP contribution in [0, 0.1) is 13.8 Å². The molecule has 3 heteroatoms. The average molecular weight is 204 g/mol. The summed E-state index contributed by atoms with van der Waals surface area (Å²) >= 11 is 0. The molecule has 15 heavy (non-hydrogen) atoms. The maximum atomic E-state index is 5.27. The Morgan fingerprint density at radius 3 is 2.40 bits per heavy atom. The molecule has 0 saturated heterocycles. The lowest BCUT2D eigenvalue weighted by atomic mass is 10.2. The summed E-state index contributed by atoms with van der Waals surface area (Å²) in [6, 6.07) is 3.84. The maximum absolute atomic E-state index is 5.27. The summed E-state index contributed by atoms with van der Waals surface area (Å²) in [5.74, 6) is 0.656. The van der Waals surface area contributed by atoms with Gasteiger partial charge in [0.2, 0.25) is 5.89 Å². The van der Waals surface area contributed by atoms with Crippen molar-refractivity contribution in [3.05, 3.63) is 36.0 Å². The fraction of sp³-hybridized carbons (Fsp3) is 0.333. The second kappa shape index (κ2) is 5.29. The second-order valence-corrected chi connectivity index (χ2v) is 2.98. The number of rotatable bonds is 1.